The summed E-state index contributed by atoms with van der Waals surface area (Å²) in [6, 6.07) is 7.40. The van der Waals surface area contributed by atoms with Crippen LogP contribution in [-0.4, -0.2) is 23.8 Å². The Balaban J connectivity index is 2.01. The highest BCUT2D eigenvalue weighted by atomic mass is 19.3. The lowest BCUT2D eigenvalue weighted by molar-refractivity contribution is -0.194. The van der Waals surface area contributed by atoms with E-state index in [-0.39, 0.29) is 6.04 Å². The minimum Gasteiger partial charge on any atom is -0.464 e. The number of benzene rings is 1. The Labute approximate surface area is 103 Å². The van der Waals surface area contributed by atoms with Crippen LogP contribution in [0.5, 0.6) is 0 Å². The van der Waals surface area contributed by atoms with Crippen LogP contribution in [0.25, 0.3) is 11.0 Å². The number of nitrogens with one attached hydrogen (secondary N) is 1. The average Bonchev–Trinajstić information content (AvgIpc) is 2.70. The summed E-state index contributed by atoms with van der Waals surface area (Å²) in [6.45, 7) is 1.04. The van der Waals surface area contributed by atoms with Crippen LogP contribution in [0.15, 0.2) is 34.9 Å². The average molecular weight is 255 g/mol. The number of halogens is 2. The van der Waals surface area contributed by atoms with Crippen LogP contribution in [0.1, 0.15) is 12.5 Å². The maximum Gasteiger partial charge on any atom is 0.365 e. The Bertz CT molecular complexity index is 519. The van der Waals surface area contributed by atoms with E-state index in [2.05, 4.69) is 5.32 Å². The Morgan fingerprint density at radius 3 is 2.83 bits per heavy atom. The second-order valence-corrected chi connectivity index (χ2v) is 4.41. The van der Waals surface area contributed by atoms with E-state index in [1.807, 2.05) is 24.3 Å². The Hall–Kier alpha value is -1.46. The van der Waals surface area contributed by atoms with Gasteiger partial charge in [-0.15, -0.1) is 0 Å². The van der Waals surface area contributed by atoms with Gasteiger partial charge in [-0.05, 0) is 25.0 Å². The zero-order valence-corrected chi connectivity index (χ0v) is 9.99. The van der Waals surface area contributed by atoms with E-state index < -0.39 is 12.7 Å². The molecule has 0 amide bonds. The standard InChI is InChI=1S/C13H15F2NO2/c1-9(16-8-13(14,15)17)6-10-7-18-12-5-3-2-4-11(10)12/h2-5,7,9,16-17H,6,8H2,1H3. The van der Waals surface area contributed by atoms with Gasteiger partial charge in [-0.3, -0.25) is 0 Å². The second kappa shape index (κ2) is 5.04. The van der Waals surface area contributed by atoms with Gasteiger partial charge >= 0.3 is 6.11 Å². The number of hydrogen-bond acceptors (Lipinski definition) is 3. The van der Waals surface area contributed by atoms with E-state index in [0.717, 1.165) is 16.5 Å². The fourth-order valence-corrected chi connectivity index (χ4v) is 1.89. The molecular weight excluding hydrogens is 240 g/mol. The number of para-hydroxylation sites is 1. The normalized spacial score (nSPS) is 14.0. The molecule has 0 bridgehead atoms. The van der Waals surface area contributed by atoms with E-state index in [1.54, 1.807) is 13.2 Å². The molecule has 0 spiro atoms. The number of hydrogen-bond donors (Lipinski definition) is 2. The predicted octanol–water partition coefficient (Wildman–Crippen LogP) is 2.54. The number of furan rings is 1. The van der Waals surface area contributed by atoms with E-state index in [4.69, 9.17) is 9.52 Å². The molecule has 0 fully saturated rings. The molecule has 3 nitrogen and oxygen atoms in total. The van der Waals surface area contributed by atoms with Gasteiger partial charge in [-0.2, -0.15) is 8.78 Å². The van der Waals surface area contributed by atoms with Gasteiger partial charge in [0.15, 0.2) is 0 Å². The largest absolute Gasteiger partial charge is 0.464 e. The molecule has 98 valence electrons. The third kappa shape index (κ3) is 3.27. The molecule has 1 aromatic heterocycles. The van der Waals surface area contributed by atoms with Crippen molar-refractivity contribution in [3.63, 3.8) is 0 Å². The summed E-state index contributed by atoms with van der Waals surface area (Å²) in [5, 5.41) is 11.9. The molecule has 0 aliphatic heterocycles. The molecular formula is C13H15F2NO2. The number of fused-ring (bicyclic) bond motifs is 1. The lowest BCUT2D eigenvalue weighted by atomic mass is 10.1. The summed E-state index contributed by atoms with van der Waals surface area (Å²) >= 11 is 0. The first kappa shape index (κ1) is 13.0. The van der Waals surface area contributed by atoms with Crippen molar-refractivity contribution in [2.45, 2.75) is 25.5 Å². The first-order valence-electron chi connectivity index (χ1n) is 5.74. The van der Waals surface area contributed by atoms with E-state index >= 15 is 0 Å². The molecule has 0 aliphatic rings. The number of aliphatic hydroxyl groups is 1. The molecule has 0 saturated heterocycles. The summed E-state index contributed by atoms with van der Waals surface area (Å²) in [5.74, 6) is 0. The van der Waals surface area contributed by atoms with Gasteiger partial charge in [0.25, 0.3) is 0 Å². The van der Waals surface area contributed by atoms with Gasteiger partial charge < -0.3 is 14.8 Å². The van der Waals surface area contributed by atoms with Crippen molar-refractivity contribution in [2.75, 3.05) is 6.54 Å². The van der Waals surface area contributed by atoms with Crippen LogP contribution in [0.2, 0.25) is 0 Å². The van der Waals surface area contributed by atoms with Gasteiger partial charge in [-0.25, -0.2) is 0 Å². The van der Waals surface area contributed by atoms with Gasteiger partial charge in [0.2, 0.25) is 0 Å². The summed E-state index contributed by atoms with van der Waals surface area (Å²) in [4.78, 5) is 0. The molecule has 2 aromatic rings. The molecule has 5 heteroatoms. The molecule has 0 radical (unpaired) electrons. The quantitative estimate of drug-likeness (QED) is 0.863. The van der Waals surface area contributed by atoms with E-state index in [1.165, 1.54) is 0 Å². The summed E-state index contributed by atoms with van der Waals surface area (Å²) in [6.07, 6.45) is -1.47. The minimum atomic E-state index is -3.67. The van der Waals surface area contributed by atoms with Crippen LogP contribution in [-0.2, 0) is 6.42 Å². The van der Waals surface area contributed by atoms with Crippen LogP contribution >= 0.6 is 0 Å². The zero-order valence-electron chi connectivity index (χ0n) is 9.99. The third-order valence-electron chi connectivity index (χ3n) is 2.75. The topological polar surface area (TPSA) is 45.4 Å². The highest BCUT2D eigenvalue weighted by Crippen LogP contribution is 2.21. The van der Waals surface area contributed by atoms with Crippen molar-refractivity contribution in [1.82, 2.24) is 5.32 Å². The summed E-state index contributed by atoms with van der Waals surface area (Å²) < 4.78 is 29.9. The Morgan fingerprint density at radius 1 is 1.39 bits per heavy atom. The van der Waals surface area contributed by atoms with Crippen LogP contribution in [0, 0.1) is 0 Å². The molecule has 2 rings (SSSR count). The lowest BCUT2D eigenvalue weighted by Crippen LogP contribution is -2.38. The van der Waals surface area contributed by atoms with Crippen molar-refractivity contribution in [1.29, 1.82) is 0 Å². The fourth-order valence-electron chi connectivity index (χ4n) is 1.89. The van der Waals surface area contributed by atoms with Gasteiger partial charge in [0.1, 0.15) is 5.58 Å². The maximum absolute atomic E-state index is 12.3. The highest BCUT2D eigenvalue weighted by Gasteiger charge is 2.24. The Kier molecular flexibility index (Phi) is 3.63. The van der Waals surface area contributed by atoms with Crippen LogP contribution in [0.3, 0.4) is 0 Å². The molecule has 0 aliphatic carbocycles. The first-order chi connectivity index (χ1) is 8.46. The maximum atomic E-state index is 12.3. The first-order valence-corrected chi connectivity index (χ1v) is 5.74. The van der Waals surface area contributed by atoms with Crippen LogP contribution < -0.4 is 5.32 Å². The van der Waals surface area contributed by atoms with Crippen LogP contribution in [0.4, 0.5) is 8.78 Å². The van der Waals surface area contributed by atoms with E-state index in [9.17, 15) is 8.78 Å². The van der Waals surface area contributed by atoms with Crippen molar-refractivity contribution in [3.8, 4) is 0 Å². The lowest BCUT2D eigenvalue weighted by Gasteiger charge is -2.15. The molecule has 0 saturated carbocycles. The highest BCUT2D eigenvalue weighted by molar-refractivity contribution is 5.80. The van der Waals surface area contributed by atoms with Crippen molar-refractivity contribution >= 4 is 11.0 Å². The number of alkyl halides is 2. The molecule has 2 N–H and O–H groups in total. The molecule has 1 aromatic carbocycles. The van der Waals surface area contributed by atoms with Crippen molar-refractivity contribution < 1.29 is 18.3 Å². The second-order valence-electron chi connectivity index (χ2n) is 4.41. The van der Waals surface area contributed by atoms with E-state index in [0.29, 0.717) is 6.42 Å². The van der Waals surface area contributed by atoms with Gasteiger partial charge in [0, 0.05) is 11.4 Å². The summed E-state index contributed by atoms with van der Waals surface area (Å²) in [7, 11) is 0. The zero-order chi connectivity index (χ0) is 13.2. The molecule has 1 heterocycles. The monoisotopic (exact) mass is 255 g/mol. The minimum absolute atomic E-state index is 0.177. The molecule has 1 atom stereocenters. The molecule has 18 heavy (non-hydrogen) atoms. The SMILES string of the molecule is CC(Cc1coc2ccccc12)NCC(O)(F)F. The third-order valence-corrected chi connectivity index (χ3v) is 2.75. The number of rotatable bonds is 5. The predicted molar refractivity (Wildman–Crippen MR) is 64.5 cm³/mol. The van der Waals surface area contributed by atoms with Gasteiger partial charge in [-0.1, -0.05) is 18.2 Å². The van der Waals surface area contributed by atoms with Crippen molar-refractivity contribution in [3.05, 3.63) is 36.1 Å². The van der Waals surface area contributed by atoms with Gasteiger partial charge in [0.05, 0.1) is 12.8 Å². The molecule has 1 unspecified atom stereocenters. The smallest absolute Gasteiger partial charge is 0.365 e. The Morgan fingerprint density at radius 2 is 2.11 bits per heavy atom. The summed E-state index contributed by atoms with van der Waals surface area (Å²) in [5.41, 5.74) is 1.75. The fraction of sp³-hybridized carbons (Fsp3) is 0.385. The van der Waals surface area contributed by atoms with Crippen molar-refractivity contribution in [2.24, 2.45) is 0 Å².